The molecule has 0 amide bonds. The highest BCUT2D eigenvalue weighted by molar-refractivity contribution is 5.81. The standard InChI is InChI=1S/C25H30/c1-6-11-23-21(8-3)22-15-14-18(17-24(22)25(23,4)5)16-20-13-10-9-12-19(20)7-2/h7,9-10,12-17H,6,8,11H2,1-5H3/b19-7-,20-16-. The van der Waals surface area contributed by atoms with Crippen LogP contribution in [0.25, 0.3) is 17.7 Å². The van der Waals surface area contributed by atoms with Crippen LogP contribution in [0.4, 0.5) is 0 Å². The number of benzene rings is 2. The van der Waals surface area contributed by atoms with Crippen molar-refractivity contribution < 1.29 is 0 Å². The summed E-state index contributed by atoms with van der Waals surface area (Å²) in [6, 6.07) is 15.7. The second-order valence-corrected chi connectivity index (χ2v) is 7.55. The second-order valence-electron chi connectivity index (χ2n) is 7.55. The molecule has 0 atom stereocenters. The van der Waals surface area contributed by atoms with Gasteiger partial charge in [-0.2, -0.15) is 0 Å². The first kappa shape index (κ1) is 17.7. The van der Waals surface area contributed by atoms with Crippen molar-refractivity contribution >= 4 is 17.7 Å². The van der Waals surface area contributed by atoms with E-state index in [1.807, 2.05) is 0 Å². The van der Waals surface area contributed by atoms with E-state index < -0.39 is 0 Å². The monoisotopic (exact) mass is 330 g/mol. The van der Waals surface area contributed by atoms with E-state index in [0.717, 1.165) is 6.42 Å². The summed E-state index contributed by atoms with van der Waals surface area (Å²) in [5, 5.41) is 2.58. The van der Waals surface area contributed by atoms with Gasteiger partial charge in [-0.15, -0.1) is 0 Å². The Morgan fingerprint density at radius 3 is 2.32 bits per heavy atom. The molecular formula is C25H30. The first-order chi connectivity index (χ1) is 12.0. The molecule has 0 saturated heterocycles. The molecule has 1 aliphatic rings. The van der Waals surface area contributed by atoms with Crippen LogP contribution in [0.15, 0.2) is 48.0 Å². The highest BCUT2D eigenvalue weighted by Crippen LogP contribution is 2.49. The average molecular weight is 331 g/mol. The lowest BCUT2D eigenvalue weighted by Crippen LogP contribution is -2.23. The quantitative estimate of drug-likeness (QED) is 0.687. The Hall–Kier alpha value is -2.08. The van der Waals surface area contributed by atoms with Gasteiger partial charge >= 0.3 is 0 Å². The van der Waals surface area contributed by atoms with Gasteiger partial charge in [0.2, 0.25) is 0 Å². The van der Waals surface area contributed by atoms with Gasteiger partial charge in [0.1, 0.15) is 0 Å². The minimum Gasteiger partial charge on any atom is -0.0798 e. The molecule has 0 nitrogen and oxygen atoms in total. The first-order valence-electron chi connectivity index (χ1n) is 9.63. The van der Waals surface area contributed by atoms with Crippen LogP contribution >= 0.6 is 0 Å². The van der Waals surface area contributed by atoms with Gasteiger partial charge in [-0.25, -0.2) is 0 Å². The summed E-state index contributed by atoms with van der Waals surface area (Å²) >= 11 is 0. The molecule has 0 fully saturated rings. The Labute approximate surface area is 152 Å². The molecule has 2 aromatic carbocycles. The molecule has 130 valence electrons. The number of hydrogen-bond donors (Lipinski definition) is 0. The van der Waals surface area contributed by atoms with Gasteiger partial charge in [0, 0.05) is 5.41 Å². The van der Waals surface area contributed by atoms with E-state index in [2.05, 4.69) is 89.2 Å². The summed E-state index contributed by atoms with van der Waals surface area (Å²) < 4.78 is 0. The Morgan fingerprint density at radius 1 is 0.960 bits per heavy atom. The highest BCUT2D eigenvalue weighted by atomic mass is 14.4. The average Bonchev–Trinajstić information content (AvgIpc) is 2.83. The zero-order chi connectivity index (χ0) is 18.0. The summed E-state index contributed by atoms with van der Waals surface area (Å²) in [5.74, 6) is 0. The van der Waals surface area contributed by atoms with Crippen molar-refractivity contribution in [2.75, 3.05) is 0 Å². The van der Waals surface area contributed by atoms with E-state index in [4.69, 9.17) is 0 Å². The third kappa shape index (κ3) is 3.11. The number of allylic oxidation sites excluding steroid dienone is 2. The molecule has 0 aliphatic heterocycles. The van der Waals surface area contributed by atoms with E-state index in [1.165, 1.54) is 40.0 Å². The molecule has 0 N–H and O–H groups in total. The molecule has 0 spiro atoms. The molecule has 25 heavy (non-hydrogen) atoms. The van der Waals surface area contributed by atoms with Crippen molar-refractivity contribution in [1.29, 1.82) is 0 Å². The lowest BCUT2D eigenvalue weighted by atomic mass is 9.79. The fourth-order valence-electron chi connectivity index (χ4n) is 4.34. The third-order valence-electron chi connectivity index (χ3n) is 5.64. The van der Waals surface area contributed by atoms with E-state index in [0.29, 0.717) is 0 Å². The van der Waals surface area contributed by atoms with Crippen LogP contribution in [0.3, 0.4) is 0 Å². The molecule has 0 radical (unpaired) electrons. The Kier molecular flexibility index (Phi) is 4.99. The zero-order valence-electron chi connectivity index (χ0n) is 16.3. The van der Waals surface area contributed by atoms with Crippen LogP contribution in [0.5, 0.6) is 0 Å². The lowest BCUT2D eigenvalue weighted by Gasteiger charge is -2.25. The molecule has 0 heterocycles. The van der Waals surface area contributed by atoms with Crippen molar-refractivity contribution in [3.63, 3.8) is 0 Å². The normalized spacial score (nSPS) is 17.3. The molecule has 1 aliphatic carbocycles. The van der Waals surface area contributed by atoms with Crippen molar-refractivity contribution in [3.8, 4) is 0 Å². The minimum atomic E-state index is 0.150. The smallest absolute Gasteiger partial charge is 0.0117 e. The summed E-state index contributed by atoms with van der Waals surface area (Å²) in [7, 11) is 0. The third-order valence-corrected chi connectivity index (χ3v) is 5.64. The predicted octanol–water partition coefficient (Wildman–Crippen LogP) is 5.57. The van der Waals surface area contributed by atoms with E-state index in [-0.39, 0.29) is 5.41 Å². The molecule has 0 saturated carbocycles. The van der Waals surface area contributed by atoms with Crippen LogP contribution in [0, 0.1) is 0 Å². The molecule has 3 rings (SSSR count). The predicted molar refractivity (Wildman–Crippen MR) is 111 cm³/mol. The van der Waals surface area contributed by atoms with E-state index >= 15 is 0 Å². The van der Waals surface area contributed by atoms with E-state index in [1.54, 1.807) is 11.1 Å². The summed E-state index contributed by atoms with van der Waals surface area (Å²) in [6.45, 7) is 11.5. The fraction of sp³-hybridized carbons (Fsp3) is 0.360. The van der Waals surface area contributed by atoms with Crippen molar-refractivity contribution in [2.45, 2.75) is 59.3 Å². The maximum atomic E-state index is 2.42. The molecule has 0 bridgehead atoms. The van der Waals surface area contributed by atoms with E-state index in [9.17, 15) is 0 Å². The summed E-state index contributed by atoms with van der Waals surface area (Å²) in [4.78, 5) is 0. The number of hydrogen-bond acceptors (Lipinski definition) is 0. The molecule has 0 aromatic heterocycles. The van der Waals surface area contributed by atoms with Gasteiger partial charge in [0.15, 0.2) is 0 Å². The van der Waals surface area contributed by atoms with Crippen LogP contribution in [0.2, 0.25) is 0 Å². The maximum Gasteiger partial charge on any atom is 0.0117 e. The van der Waals surface area contributed by atoms with Crippen LogP contribution in [-0.4, -0.2) is 0 Å². The first-order valence-corrected chi connectivity index (χ1v) is 9.63. The number of rotatable bonds is 4. The molecule has 2 aromatic rings. The second kappa shape index (κ2) is 7.04. The maximum absolute atomic E-state index is 2.42. The van der Waals surface area contributed by atoms with Gasteiger partial charge in [0.05, 0.1) is 0 Å². The number of fused-ring (bicyclic) bond motifs is 1. The van der Waals surface area contributed by atoms with Gasteiger partial charge in [0.25, 0.3) is 0 Å². The Balaban J connectivity index is 2.14. The van der Waals surface area contributed by atoms with Crippen LogP contribution in [0.1, 0.15) is 70.6 Å². The highest BCUT2D eigenvalue weighted by Gasteiger charge is 2.36. The van der Waals surface area contributed by atoms with Crippen molar-refractivity contribution in [1.82, 2.24) is 0 Å². The summed E-state index contributed by atoms with van der Waals surface area (Å²) in [6.07, 6.45) is 8.04. The molecular weight excluding hydrogens is 300 g/mol. The van der Waals surface area contributed by atoms with Crippen LogP contribution < -0.4 is 10.4 Å². The van der Waals surface area contributed by atoms with Gasteiger partial charge in [-0.05, 0) is 58.5 Å². The summed E-state index contributed by atoms with van der Waals surface area (Å²) in [5.41, 5.74) is 7.65. The van der Waals surface area contributed by atoms with Crippen LogP contribution in [-0.2, 0) is 5.41 Å². The lowest BCUT2D eigenvalue weighted by molar-refractivity contribution is 0.602. The van der Waals surface area contributed by atoms with Crippen molar-refractivity contribution in [3.05, 3.63) is 75.2 Å². The largest absolute Gasteiger partial charge is 0.0798 e. The Bertz CT molecular complexity index is 923. The van der Waals surface area contributed by atoms with Gasteiger partial charge in [-0.3, -0.25) is 0 Å². The van der Waals surface area contributed by atoms with Gasteiger partial charge < -0.3 is 0 Å². The zero-order valence-corrected chi connectivity index (χ0v) is 16.3. The Morgan fingerprint density at radius 2 is 1.68 bits per heavy atom. The minimum absolute atomic E-state index is 0.150. The molecule has 0 unspecified atom stereocenters. The SMILES string of the molecule is C/C=c1/cccc/c1=C/c1ccc2c(c1)C(C)(C)C(CCC)=C2CC. The van der Waals surface area contributed by atoms with Gasteiger partial charge in [-0.1, -0.05) is 88.2 Å². The fourth-order valence-corrected chi connectivity index (χ4v) is 4.34. The van der Waals surface area contributed by atoms with Crippen molar-refractivity contribution in [2.24, 2.45) is 0 Å². The topological polar surface area (TPSA) is 0 Å². The molecule has 0 heteroatoms.